The maximum absolute atomic E-state index is 14.0. The first-order chi connectivity index (χ1) is 16.7. The highest BCUT2D eigenvalue weighted by Gasteiger charge is 2.26. The Bertz CT molecular complexity index is 1300. The van der Waals surface area contributed by atoms with Crippen molar-refractivity contribution >= 4 is 42.6 Å². The maximum atomic E-state index is 14.0. The number of amides is 1. The fourth-order valence-electron chi connectivity index (χ4n) is 4.13. The van der Waals surface area contributed by atoms with Gasteiger partial charge in [-0.1, -0.05) is 25.2 Å². The van der Waals surface area contributed by atoms with E-state index in [0.717, 1.165) is 18.9 Å². The molecule has 4 rings (SSSR count). The van der Waals surface area contributed by atoms with Gasteiger partial charge >= 0.3 is 0 Å². The summed E-state index contributed by atoms with van der Waals surface area (Å²) < 4.78 is 55.3. The molecule has 0 N–H and O–H groups in total. The second kappa shape index (κ2) is 10.5. The minimum atomic E-state index is -3.60. The van der Waals surface area contributed by atoms with Gasteiger partial charge < -0.3 is 9.80 Å². The largest absolute Gasteiger partial charge is 0.345 e. The molecule has 0 radical (unpaired) electrons. The third-order valence-corrected chi connectivity index (χ3v) is 8.90. The molecule has 188 valence electrons. The van der Waals surface area contributed by atoms with Crippen molar-refractivity contribution in [2.45, 2.75) is 31.6 Å². The molecule has 2 aromatic carbocycles. The molecule has 0 bridgehead atoms. The number of nitrogens with zero attached hydrogens (tertiary/aromatic N) is 4. The normalized spacial score (nSPS) is 14.8. The summed E-state index contributed by atoms with van der Waals surface area (Å²) in [5.74, 6) is -1.50. The van der Waals surface area contributed by atoms with Crippen LogP contribution < -0.4 is 4.90 Å². The molecule has 1 aliphatic heterocycles. The Kier molecular flexibility index (Phi) is 7.67. The first kappa shape index (κ1) is 25.5. The van der Waals surface area contributed by atoms with E-state index in [2.05, 4.69) is 4.98 Å². The first-order valence-corrected chi connectivity index (χ1v) is 13.9. The average Bonchev–Trinajstić information content (AvgIpc) is 3.28. The van der Waals surface area contributed by atoms with E-state index in [4.69, 9.17) is 0 Å². The van der Waals surface area contributed by atoms with E-state index >= 15 is 0 Å². The summed E-state index contributed by atoms with van der Waals surface area (Å²) in [6, 6.07) is 8.19. The van der Waals surface area contributed by atoms with Crippen LogP contribution in [0.4, 0.5) is 13.9 Å². The molecule has 3 aromatic rings. The van der Waals surface area contributed by atoms with Crippen molar-refractivity contribution in [2.24, 2.45) is 0 Å². The van der Waals surface area contributed by atoms with Crippen molar-refractivity contribution in [3.05, 3.63) is 53.6 Å². The molecule has 0 saturated carbocycles. The lowest BCUT2D eigenvalue weighted by atomic mass is 10.2. The molecular weight excluding hydrogens is 494 g/mol. The fraction of sp³-hybridized carbons (Fsp3) is 0.417. The molecule has 1 aromatic heterocycles. The number of carbonyl (C=O) groups excluding carboxylic acids is 1. The number of sulfonamides is 1. The zero-order valence-corrected chi connectivity index (χ0v) is 21.3. The highest BCUT2D eigenvalue weighted by molar-refractivity contribution is 7.89. The van der Waals surface area contributed by atoms with Crippen molar-refractivity contribution in [1.29, 1.82) is 0 Å². The van der Waals surface area contributed by atoms with Crippen LogP contribution in [0.5, 0.6) is 0 Å². The van der Waals surface area contributed by atoms with Gasteiger partial charge in [-0.2, -0.15) is 4.31 Å². The van der Waals surface area contributed by atoms with E-state index in [1.54, 1.807) is 17.0 Å². The molecule has 1 fully saturated rings. The van der Waals surface area contributed by atoms with Crippen LogP contribution in [0.15, 0.2) is 41.3 Å². The molecule has 0 spiro atoms. The molecular formula is C24H28F2N4O3S2. The van der Waals surface area contributed by atoms with Gasteiger partial charge in [0.2, 0.25) is 10.0 Å². The second-order valence-corrected chi connectivity index (χ2v) is 11.4. The number of halogens is 2. The lowest BCUT2D eigenvalue weighted by Gasteiger charge is -2.34. The number of aromatic nitrogens is 1. The third kappa shape index (κ3) is 5.31. The molecule has 1 aliphatic rings. The summed E-state index contributed by atoms with van der Waals surface area (Å²) in [5, 5.41) is 0.592. The number of hydrogen-bond acceptors (Lipinski definition) is 6. The van der Waals surface area contributed by atoms with Crippen LogP contribution in [-0.4, -0.2) is 67.8 Å². The van der Waals surface area contributed by atoms with Crippen molar-refractivity contribution in [3.8, 4) is 0 Å². The molecule has 0 aliphatic carbocycles. The van der Waals surface area contributed by atoms with E-state index in [-0.39, 0.29) is 16.3 Å². The second-order valence-electron chi connectivity index (χ2n) is 8.44. The predicted octanol–water partition coefficient (Wildman–Crippen LogP) is 4.35. The van der Waals surface area contributed by atoms with Gasteiger partial charge in [0.1, 0.15) is 11.3 Å². The van der Waals surface area contributed by atoms with Gasteiger partial charge in [-0.05, 0) is 43.2 Å². The molecule has 11 heteroatoms. The summed E-state index contributed by atoms with van der Waals surface area (Å²) in [5.41, 5.74) is 0.573. The Morgan fingerprint density at radius 2 is 1.66 bits per heavy atom. The van der Waals surface area contributed by atoms with Gasteiger partial charge in [0.25, 0.3) is 5.91 Å². The molecule has 35 heavy (non-hydrogen) atoms. The SMILES string of the molecule is CCCN(CCC)S(=O)(=O)c1ccc(C(=O)N2CCN(c3nc4c(F)cc(F)cc4s3)CC2)cc1. The number of anilines is 1. The predicted molar refractivity (Wildman–Crippen MR) is 133 cm³/mol. The highest BCUT2D eigenvalue weighted by Crippen LogP contribution is 2.31. The maximum Gasteiger partial charge on any atom is 0.253 e. The Morgan fingerprint density at radius 3 is 2.26 bits per heavy atom. The molecule has 0 unspecified atom stereocenters. The lowest BCUT2D eigenvalue weighted by Crippen LogP contribution is -2.48. The van der Waals surface area contributed by atoms with Gasteiger partial charge in [0.15, 0.2) is 10.9 Å². The van der Waals surface area contributed by atoms with E-state index in [1.165, 1.54) is 33.8 Å². The van der Waals surface area contributed by atoms with Crippen molar-refractivity contribution < 1.29 is 22.0 Å². The monoisotopic (exact) mass is 522 g/mol. The molecule has 1 amide bonds. The van der Waals surface area contributed by atoms with Gasteiger partial charge in [0, 0.05) is 50.9 Å². The summed E-state index contributed by atoms with van der Waals surface area (Å²) in [6.07, 6.45) is 1.45. The quantitative estimate of drug-likeness (QED) is 0.440. The molecule has 2 heterocycles. The van der Waals surface area contributed by atoms with E-state index < -0.39 is 21.7 Å². The van der Waals surface area contributed by atoms with Gasteiger partial charge in [-0.25, -0.2) is 22.2 Å². The van der Waals surface area contributed by atoms with E-state index in [9.17, 15) is 22.0 Å². The minimum Gasteiger partial charge on any atom is -0.345 e. The van der Waals surface area contributed by atoms with Crippen molar-refractivity contribution in [3.63, 3.8) is 0 Å². The molecule has 1 saturated heterocycles. The Balaban J connectivity index is 1.42. The number of hydrogen-bond donors (Lipinski definition) is 0. The Hall–Kier alpha value is -2.63. The zero-order chi connectivity index (χ0) is 25.2. The van der Waals surface area contributed by atoms with Gasteiger partial charge in [0.05, 0.1) is 9.60 Å². The zero-order valence-electron chi connectivity index (χ0n) is 19.7. The molecule has 0 atom stereocenters. The summed E-state index contributed by atoms with van der Waals surface area (Å²) >= 11 is 1.22. The van der Waals surface area contributed by atoms with Crippen LogP contribution >= 0.6 is 11.3 Å². The van der Waals surface area contributed by atoms with Crippen LogP contribution in [0.25, 0.3) is 10.2 Å². The number of rotatable bonds is 8. The van der Waals surface area contributed by atoms with Crippen LogP contribution in [-0.2, 0) is 10.0 Å². The van der Waals surface area contributed by atoms with Crippen LogP contribution in [0, 0.1) is 11.6 Å². The molecule has 7 nitrogen and oxygen atoms in total. The van der Waals surface area contributed by atoms with Crippen LogP contribution in [0.2, 0.25) is 0 Å². The summed E-state index contributed by atoms with van der Waals surface area (Å²) in [4.78, 5) is 21.2. The third-order valence-electron chi connectivity index (χ3n) is 5.92. The highest BCUT2D eigenvalue weighted by atomic mass is 32.2. The summed E-state index contributed by atoms with van der Waals surface area (Å²) in [7, 11) is -3.60. The Labute approximate surface area is 208 Å². The average molecular weight is 523 g/mol. The number of thiazole rings is 1. The Morgan fingerprint density at radius 1 is 1.03 bits per heavy atom. The number of fused-ring (bicyclic) bond motifs is 1. The number of piperazine rings is 1. The van der Waals surface area contributed by atoms with Gasteiger partial charge in [-0.15, -0.1) is 0 Å². The number of benzene rings is 2. The number of carbonyl (C=O) groups is 1. The van der Waals surface area contributed by atoms with Crippen molar-refractivity contribution in [2.75, 3.05) is 44.2 Å². The minimum absolute atomic E-state index is 0.149. The smallest absolute Gasteiger partial charge is 0.253 e. The lowest BCUT2D eigenvalue weighted by molar-refractivity contribution is 0.0746. The van der Waals surface area contributed by atoms with Crippen LogP contribution in [0.1, 0.15) is 37.0 Å². The standard InChI is InChI=1S/C24H28F2N4O3S2/c1-3-9-30(10-4-2)35(32,33)19-7-5-17(6-8-19)23(31)28-11-13-29(14-12-28)24-27-22-20(26)15-18(25)16-21(22)34-24/h5-8,15-16H,3-4,9-14H2,1-2H3. The van der Waals surface area contributed by atoms with E-state index in [0.29, 0.717) is 54.7 Å². The van der Waals surface area contributed by atoms with Gasteiger partial charge in [-0.3, -0.25) is 4.79 Å². The fourth-order valence-corrected chi connectivity index (χ4v) is 6.81. The van der Waals surface area contributed by atoms with Crippen molar-refractivity contribution in [1.82, 2.24) is 14.2 Å². The van der Waals surface area contributed by atoms with Crippen LogP contribution in [0.3, 0.4) is 0 Å². The summed E-state index contributed by atoms with van der Waals surface area (Å²) in [6.45, 7) is 6.67. The topological polar surface area (TPSA) is 73.8 Å². The van der Waals surface area contributed by atoms with E-state index in [1.807, 2.05) is 18.7 Å². The first-order valence-electron chi connectivity index (χ1n) is 11.6.